The van der Waals surface area contributed by atoms with Crippen molar-refractivity contribution in [3.05, 3.63) is 48.0 Å². The van der Waals surface area contributed by atoms with E-state index in [4.69, 9.17) is 9.47 Å². The number of fused-ring (bicyclic) bond motifs is 1. The molecule has 2 aliphatic heterocycles. The average Bonchev–Trinajstić information content (AvgIpc) is 3.30. The van der Waals surface area contributed by atoms with Crippen LogP contribution in [0, 0.1) is 0 Å². The minimum absolute atomic E-state index is 0.227. The van der Waals surface area contributed by atoms with Crippen molar-refractivity contribution >= 4 is 23.4 Å². The zero-order valence-corrected chi connectivity index (χ0v) is 17.4. The van der Waals surface area contributed by atoms with E-state index in [-0.39, 0.29) is 11.7 Å². The third-order valence-electron chi connectivity index (χ3n) is 5.43. The number of methoxy groups -OCH3 is 1. The summed E-state index contributed by atoms with van der Waals surface area (Å²) < 4.78 is 49.2. The number of aliphatic hydroxyl groups is 1. The van der Waals surface area contributed by atoms with Gasteiger partial charge in [-0.2, -0.15) is 13.2 Å². The van der Waals surface area contributed by atoms with Gasteiger partial charge in [0.1, 0.15) is 28.3 Å². The standard InChI is InChI=1S/C21H21F3N2O4S/c1-29-17-7-6-15(30-14-4-2-13(3-5-14)21(22,23)24)12-16(17)25-19(28)20-9-8-18(27)26(20)10-11-31-20/h2-7,12,18,27H,8-11H2,1H3,(H,25,28). The van der Waals surface area contributed by atoms with Crippen LogP contribution in [0.25, 0.3) is 0 Å². The minimum atomic E-state index is -4.42. The summed E-state index contributed by atoms with van der Waals surface area (Å²) in [6.45, 7) is 0.632. The second-order valence-electron chi connectivity index (χ2n) is 7.29. The molecule has 0 aliphatic carbocycles. The fourth-order valence-electron chi connectivity index (χ4n) is 3.89. The first-order valence-corrected chi connectivity index (χ1v) is 10.6. The van der Waals surface area contributed by atoms with Crippen LogP contribution in [-0.4, -0.2) is 46.4 Å². The van der Waals surface area contributed by atoms with Crippen LogP contribution >= 0.6 is 11.8 Å². The number of alkyl halides is 3. The number of hydrogen-bond acceptors (Lipinski definition) is 6. The summed E-state index contributed by atoms with van der Waals surface area (Å²) in [5.74, 6) is 1.47. The molecule has 0 bridgehead atoms. The Hall–Kier alpha value is -2.43. The second kappa shape index (κ2) is 8.25. The summed E-state index contributed by atoms with van der Waals surface area (Å²) in [6, 6.07) is 9.11. The zero-order chi connectivity index (χ0) is 22.2. The molecular weight excluding hydrogens is 433 g/mol. The quantitative estimate of drug-likeness (QED) is 0.702. The predicted molar refractivity (Wildman–Crippen MR) is 110 cm³/mol. The third kappa shape index (κ3) is 4.19. The Bertz CT molecular complexity index is 970. The summed E-state index contributed by atoms with van der Waals surface area (Å²) in [6.07, 6.45) is -4.00. The van der Waals surface area contributed by atoms with E-state index in [1.807, 2.05) is 4.90 Å². The Balaban J connectivity index is 1.53. The van der Waals surface area contributed by atoms with Gasteiger partial charge in [0.25, 0.3) is 5.91 Å². The Kier molecular flexibility index (Phi) is 5.80. The molecule has 0 spiro atoms. The van der Waals surface area contributed by atoms with Gasteiger partial charge in [0, 0.05) is 18.4 Å². The number of nitrogens with one attached hydrogen (secondary N) is 1. The van der Waals surface area contributed by atoms with Gasteiger partial charge in [-0.1, -0.05) is 0 Å². The molecule has 0 saturated carbocycles. The number of carbonyl (C=O) groups excluding carboxylic acids is 1. The van der Waals surface area contributed by atoms with Crippen molar-refractivity contribution in [3.8, 4) is 17.2 Å². The van der Waals surface area contributed by atoms with Crippen molar-refractivity contribution in [2.24, 2.45) is 0 Å². The summed E-state index contributed by atoms with van der Waals surface area (Å²) in [5, 5.41) is 13.1. The molecule has 1 amide bonds. The fraction of sp³-hybridized carbons (Fsp3) is 0.381. The van der Waals surface area contributed by atoms with Gasteiger partial charge < -0.3 is 19.9 Å². The van der Waals surface area contributed by atoms with Crippen molar-refractivity contribution in [2.75, 3.05) is 24.7 Å². The summed E-state index contributed by atoms with van der Waals surface area (Å²) in [5.41, 5.74) is -0.390. The molecule has 166 valence electrons. The highest BCUT2D eigenvalue weighted by Crippen LogP contribution is 2.47. The van der Waals surface area contributed by atoms with Crippen LogP contribution in [0.15, 0.2) is 42.5 Å². The maximum Gasteiger partial charge on any atom is 0.416 e. The lowest BCUT2D eigenvalue weighted by Gasteiger charge is -2.31. The maximum absolute atomic E-state index is 13.1. The normalized spacial score (nSPS) is 23.5. The first kappa shape index (κ1) is 21.8. The third-order valence-corrected chi connectivity index (χ3v) is 6.92. The average molecular weight is 454 g/mol. The zero-order valence-electron chi connectivity index (χ0n) is 16.6. The maximum atomic E-state index is 13.1. The van der Waals surface area contributed by atoms with Gasteiger partial charge in [-0.3, -0.25) is 9.69 Å². The van der Waals surface area contributed by atoms with Crippen molar-refractivity contribution < 1.29 is 32.5 Å². The Morgan fingerprint density at radius 2 is 1.94 bits per heavy atom. The van der Waals surface area contributed by atoms with Gasteiger partial charge in [-0.15, -0.1) is 11.8 Å². The Morgan fingerprint density at radius 3 is 2.61 bits per heavy atom. The predicted octanol–water partition coefficient (Wildman–Crippen LogP) is 4.30. The van der Waals surface area contributed by atoms with Crippen LogP contribution in [0.5, 0.6) is 17.2 Å². The first-order chi connectivity index (χ1) is 14.7. The largest absolute Gasteiger partial charge is 0.495 e. The van der Waals surface area contributed by atoms with Crippen LogP contribution in [0.4, 0.5) is 18.9 Å². The molecule has 2 saturated heterocycles. The van der Waals surface area contributed by atoms with Crippen LogP contribution in [-0.2, 0) is 11.0 Å². The molecule has 0 radical (unpaired) electrons. The van der Waals surface area contributed by atoms with E-state index in [1.165, 1.54) is 31.0 Å². The number of hydrogen-bond donors (Lipinski definition) is 2. The smallest absolute Gasteiger partial charge is 0.416 e. The van der Waals surface area contributed by atoms with E-state index in [1.54, 1.807) is 18.2 Å². The number of aliphatic hydroxyl groups excluding tert-OH is 1. The second-order valence-corrected chi connectivity index (χ2v) is 8.66. The number of benzene rings is 2. The molecule has 2 aliphatic rings. The summed E-state index contributed by atoms with van der Waals surface area (Å²) in [4.78, 5) is 14.1. The van der Waals surface area contributed by atoms with Gasteiger partial charge >= 0.3 is 6.18 Å². The molecule has 2 atom stereocenters. The molecule has 31 heavy (non-hydrogen) atoms. The molecule has 2 aromatic carbocycles. The molecule has 4 rings (SSSR count). The van der Waals surface area contributed by atoms with Gasteiger partial charge in [0.15, 0.2) is 0 Å². The van der Waals surface area contributed by atoms with Crippen LogP contribution in [0.1, 0.15) is 18.4 Å². The van der Waals surface area contributed by atoms with Crippen molar-refractivity contribution in [2.45, 2.75) is 30.1 Å². The van der Waals surface area contributed by atoms with Gasteiger partial charge in [-0.05, 0) is 49.2 Å². The van der Waals surface area contributed by atoms with E-state index in [2.05, 4.69) is 5.32 Å². The van der Waals surface area contributed by atoms with E-state index >= 15 is 0 Å². The van der Waals surface area contributed by atoms with Crippen LogP contribution < -0.4 is 14.8 Å². The molecule has 6 nitrogen and oxygen atoms in total. The molecule has 2 N–H and O–H groups in total. The van der Waals surface area contributed by atoms with Crippen molar-refractivity contribution in [1.29, 1.82) is 0 Å². The van der Waals surface area contributed by atoms with E-state index in [0.29, 0.717) is 36.6 Å². The van der Waals surface area contributed by atoms with Crippen LogP contribution in [0.2, 0.25) is 0 Å². The SMILES string of the molecule is COc1ccc(Oc2ccc(C(F)(F)F)cc2)cc1NC(=O)C12CCC(O)N1CCS2. The lowest BCUT2D eigenvalue weighted by molar-refractivity contribution is -0.137. The summed E-state index contributed by atoms with van der Waals surface area (Å²) in [7, 11) is 1.47. The molecule has 2 aromatic rings. The number of amides is 1. The molecular formula is C21H21F3N2O4S. The van der Waals surface area contributed by atoms with E-state index in [0.717, 1.165) is 17.9 Å². The number of nitrogens with zero attached hydrogens (tertiary/aromatic N) is 1. The van der Waals surface area contributed by atoms with Gasteiger partial charge in [0.2, 0.25) is 0 Å². The van der Waals surface area contributed by atoms with Crippen molar-refractivity contribution in [1.82, 2.24) is 4.90 Å². The summed E-state index contributed by atoms with van der Waals surface area (Å²) >= 11 is 1.51. The lowest BCUT2D eigenvalue weighted by Crippen LogP contribution is -2.49. The number of halogens is 3. The van der Waals surface area contributed by atoms with E-state index < -0.39 is 22.8 Å². The topological polar surface area (TPSA) is 71.0 Å². The Morgan fingerprint density at radius 1 is 1.23 bits per heavy atom. The minimum Gasteiger partial charge on any atom is -0.495 e. The lowest BCUT2D eigenvalue weighted by atomic mass is 10.1. The van der Waals surface area contributed by atoms with Crippen molar-refractivity contribution in [3.63, 3.8) is 0 Å². The number of carbonyl (C=O) groups is 1. The number of ether oxygens (including phenoxy) is 2. The highest BCUT2D eigenvalue weighted by atomic mass is 32.2. The fourth-order valence-corrected chi connectivity index (χ4v) is 5.34. The van der Waals surface area contributed by atoms with Gasteiger partial charge in [0.05, 0.1) is 18.4 Å². The monoisotopic (exact) mass is 454 g/mol. The first-order valence-electron chi connectivity index (χ1n) is 9.66. The molecule has 0 aromatic heterocycles. The number of rotatable bonds is 5. The number of anilines is 1. The number of thioether (sulfide) groups is 1. The molecule has 2 heterocycles. The molecule has 10 heteroatoms. The highest BCUT2D eigenvalue weighted by molar-refractivity contribution is 8.01. The molecule has 2 unspecified atom stereocenters. The Labute approximate surface area is 181 Å². The van der Waals surface area contributed by atoms with Gasteiger partial charge in [-0.25, -0.2) is 0 Å². The molecule has 2 fully saturated rings. The van der Waals surface area contributed by atoms with E-state index in [9.17, 15) is 23.1 Å². The van der Waals surface area contributed by atoms with Crippen LogP contribution in [0.3, 0.4) is 0 Å². The highest BCUT2D eigenvalue weighted by Gasteiger charge is 2.55.